The summed E-state index contributed by atoms with van der Waals surface area (Å²) in [4.78, 5) is 26.5. The van der Waals surface area contributed by atoms with Gasteiger partial charge < -0.3 is 9.64 Å². The molecule has 2 aromatic rings. The molecule has 158 valence electrons. The monoisotopic (exact) mass is 420 g/mol. The van der Waals surface area contributed by atoms with Crippen LogP contribution in [0.15, 0.2) is 20.8 Å². The molecule has 9 nitrogen and oxygen atoms in total. The van der Waals surface area contributed by atoms with Gasteiger partial charge in [-0.2, -0.15) is 0 Å². The van der Waals surface area contributed by atoms with E-state index in [0.29, 0.717) is 11.4 Å². The van der Waals surface area contributed by atoms with Crippen molar-refractivity contribution in [2.45, 2.75) is 55.7 Å². The average molecular weight is 421 g/mol. The van der Waals surface area contributed by atoms with Crippen molar-refractivity contribution >= 4 is 17.7 Å². The van der Waals surface area contributed by atoms with Gasteiger partial charge in [0.2, 0.25) is 5.95 Å². The van der Waals surface area contributed by atoms with Crippen molar-refractivity contribution < 1.29 is 4.74 Å². The SMILES string of the molecule is Cn1c(CSc2nnc(N3CCCCC3)n2CC2CCCO2)cc(=O)n(C)c1=O. The summed E-state index contributed by atoms with van der Waals surface area (Å²) in [7, 11) is 3.18. The zero-order valence-corrected chi connectivity index (χ0v) is 17.9. The predicted octanol–water partition coefficient (Wildman–Crippen LogP) is 1.14. The number of hydrogen-bond donors (Lipinski definition) is 0. The van der Waals surface area contributed by atoms with Crippen molar-refractivity contribution in [3.8, 4) is 0 Å². The smallest absolute Gasteiger partial charge is 0.330 e. The van der Waals surface area contributed by atoms with Crippen molar-refractivity contribution in [1.82, 2.24) is 23.9 Å². The number of thioether (sulfide) groups is 1. The molecule has 2 fully saturated rings. The van der Waals surface area contributed by atoms with Crippen molar-refractivity contribution in [3.63, 3.8) is 0 Å². The van der Waals surface area contributed by atoms with Crippen LogP contribution in [0.2, 0.25) is 0 Å². The van der Waals surface area contributed by atoms with Gasteiger partial charge in [0.1, 0.15) is 0 Å². The zero-order chi connectivity index (χ0) is 20.4. The first-order valence-corrected chi connectivity index (χ1v) is 11.2. The third-order valence-corrected chi connectivity index (χ3v) is 6.72. The quantitative estimate of drug-likeness (QED) is 0.648. The molecule has 0 spiro atoms. The minimum atomic E-state index is -0.317. The molecule has 0 aliphatic carbocycles. The van der Waals surface area contributed by atoms with Crippen LogP contribution < -0.4 is 16.1 Å². The third-order valence-electron chi connectivity index (χ3n) is 5.72. The van der Waals surface area contributed by atoms with E-state index in [1.807, 2.05) is 0 Å². The Balaban J connectivity index is 1.58. The molecule has 2 aliphatic rings. The van der Waals surface area contributed by atoms with Gasteiger partial charge in [-0.05, 0) is 32.1 Å². The molecule has 1 unspecified atom stereocenters. The van der Waals surface area contributed by atoms with Gasteiger partial charge in [-0.15, -0.1) is 10.2 Å². The third kappa shape index (κ3) is 4.28. The average Bonchev–Trinajstić information content (AvgIpc) is 3.39. The second-order valence-electron chi connectivity index (χ2n) is 7.74. The first-order valence-electron chi connectivity index (χ1n) is 10.2. The molecule has 0 radical (unpaired) electrons. The van der Waals surface area contributed by atoms with Crippen molar-refractivity contribution in [1.29, 1.82) is 0 Å². The molecule has 2 aliphatic heterocycles. The molecule has 0 amide bonds. The fraction of sp³-hybridized carbons (Fsp3) is 0.684. The van der Waals surface area contributed by atoms with Gasteiger partial charge in [-0.25, -0.2) is 4.79 Å². The Morgan fingerprint density at radius 3 is 2.62 bits per heavy atom. The van der Waals surface area contributed by atoms with E-state index in [-0.39, 0.29) is 17.4 Å². The van der Waals surface area contributed by atoms with Crippen LogP contribution in [0.5, 0.6) is 0 Å². The van der Waals surface area contributed by atoms with Crippen LogP contribution >= 0.6 is 11.8 Å². The number of rotatable bonds is 6. The van der Waals surface area contributed by atoms with Crippen LogP contribution in [-0.4, -0.2) is 49.7 Å². The number of piperidine rings is 1. The molecule has 0 aromatic carbocycles. The molecule has 0 bridgehead atoms. The lowest BCUT2D eigenvalue weighted by Gasteiger charge is -2.28. The Labute approximate surface area is 173 Å². The molecule has 1 atom stereocenters. The highest BCUT2D eigenvalue weighted by molar-refractivity contribution is 7.98. The van der Waals surface area contributed by atoms with E-state index in [0.717, 1.165) is 54.8 Å². The highest BCUT2D eigenvalue weighted by Gasteiger charge is 2.25. The molecule has 0 N–H and O–H groups in total. The first kappa shape index (κ1) is 20.2. The summed E-state index contributed by atoms with van der Waals surface area (Å²) in [6.07, 6.45) is 5.92. The van der Waals surface area contributed by atoms with Gasteiger partial charge in [0.25, 0.3) is 5.56 Å². The van der Waals surface area contributed by atoms with E-state index in [1.54, 1.807) is 7.05 Å². The highest BCUT2D eigenvalue weighted by atomic mass is 32.2. The molecule has 29 heavy (non-hydrogen) atoms. The van der Waals surface area contributed by atoms with Crippen molar-refractivity contribution in [2.24, 2.45) is 14.1 Å². The summed E-state index contributed by atoms with van der Waals surface area (Å²) in [5, 5.41) is 9.74. The minimum Gasteiger partial charge on any atom is -0.376 e. The minimum absolute atomic E-state index is 0.183. The fourth-order valence-electron chi connectivity index (χ4n) is 3.92. The van der Waals surface area contributed by atoms with E-state index < -0.39 is 0 Å². The van der Waals surface area contributed by atoms with Crippen LogP contribution in [0, 0.1) is 0 Å². The van der Waals surface area contributed by atoms with E-state index >= 15 is 0 Å². The molecule has 2 aromatic heterocycles. The molecule has 4 rings (SSSR count). The van der Waals surface area contributed by atoms with Crippen LogP contribution in [0.1, 0.15) is 37.8 Å². The van der Waals surface area contributed by atoms with Gasteiger partial charge in [0.15, 0.2) is 5.16 Å². The molecule has 4 heterocycles. The maximum Gasteiger partial charge on any atom is 0.330 e. The van der Waals surface area contributed by atoms with Gasteiger partial charge in [0, 0.05) is 51.3 Å². The van der Waals surface area contributed by atoms with Gasteiger partial charge in [0.05, 0.1) is 12.6 Å². The Bertz CT molecular complexity index is 969. The van der Waals surface area contributed by atoms with Gasteiger partial charge >= 0.3 is 5.69 Å². The molecular weight excluding hydrogens is 392 g/mol. The topological polar surface area (TPSA) is 87.2 Å². The largest absolute Gasteiger partial charge is 0.376 e. The highest BCUT2D eigenvalue weighted by Crippen LogP contribution is 2.28. The predicted molar refractivity (Wildman–Crippen MR) is 112 cm³/mol. The van der Waals surface area contributed by atoms with E-state index in [4.69, 9.17) is 4.74 Å². The zero-order valence-electron chi connectivity index (χ0n) is 17.0. The van der Waals surface area contributed by atoms with Gasteiger partial charge in [-0.3, -0.25) is 18.5 Å². The number of nitrogens with zero attached hydrogens (tertiary/aromatic N) is 6. The summed E-state index contributed by atoms with van der Waals surface area (Å²) >= 11 is 1.51. The Hall–Kier alpha value is -2.07. The number of ether oxygens (including phenoxy) is 1. The summed E-state index contributed by atoms with van der Waals surface area (Å²) in [6.45, 7) is 3.54. The maximum absolute atomic E-state index is 12.2. The number of hydrogen-bond acceptors (Lipinski definition) is 7. The fourth-order valence-corrected chi connectivity index (χ4v) is 4.89. The molecule has 10 heteroatoms. The summed E-state index contributed by atoms with van der Waals surface area (Å²) in [5.41, 5.74) is 0.0655. The second-order valence-corrected chi connectivity index (χ2v) is 8.68. The Morgan fingerprint density at radius 1 is 1.10 bits per heavy atom. The van der Waals surface area contributed by atoms with Crippen LogP contribution in [-0.2, 0) is 31.1 Å². The van der Waals surface area contributed by atoms with Crippen LogP contribution in [0.25, 0.3) is 0 Å². The standard InChI is InChI=1S/C19H28N6O3S/c1-22-14(11-16(26)23(2)19(22)27)13-29-18-21-20-17(24-8-4-3-5-9-24)25(18)12-15-7-6-10-28-15/h11,15H,3-10,12-13H2,1-2H3. The summed E-state index contributed by atoms with van der Waals surface area (Å²) < 4.78 is 10.6. The lowest BCUT2D eigenvalue weighted by Crippen LogP contribution is -2.37. The molecule has 2 saturated heterocycles. The Morgan fingerprint density at radius 2 is 1.90 bits per heavy atom. The Kier molecular flexibility index (Phi) is 6.09. The maximum atomic E-state index is 12.2. The lowest BCUT2D eigenvalue weighted by atomic mass is 10.1. The molecular formula is C19H28N6O3S. The molecule has 0 saturated carbocycles. The number of aromatic nitrogens is 5. The van der Waals surface area contributed by atoms with Crippen molar-refractivity contribution in [3.05, 3.63) is 32.6 Å². The summed E-state index contributed by atoms with van der Waals surface area (Å²) in [6, 6.07) is 1.51. The van der Waals surface area contributed by atoms with Crippen LogP contribution in [0.3, 0.4) is 0 Å². The second kappa shape index (κ2) is 8.74. The summed E-state index contributed by atoms with van der Waals surface area (Å²) in [5.74, 6) is 1.38. The number of anilines is 1. The lowest BCUT2D eigenvalue weighted by molar-refractivity contribution is 0.0951. The van der Waals surface area contributed by atoms with Gasteiger partial charge in [-0.1, -0.05) is 11.8 Å². The van der Waals surface area contributed by atoms with E-state index in [2.05, 4.69) is 19.7 Å². The van der Waals surface area contributed by atoms with E-state index in [9.17, 15) is 9.59 Å². The van der Waals surface area contributed by atoms with Crippen molar-refractivity contribution in [2.75, 3.05) is 24.6 Å². The normalized spacial score (nSPS) is 19.8. The van der Waals surface area contributed by atoms with Crippen LogP contribution in [0.4, 0.5) is 5.95 Å². The van der Waals surface area contributed by atoms with E-state index in [1.165, 1.54) is 48.7 Å². The first-order chi connectivity index (χ1) is 14.0.